The Morgan fingerprint density at radius 1 is 1.11 bits per heavy atom. The first-order chi connectivity index (χ1) is 15.0. The summed E-state index contributed by atoms with van der Waals surface area (Å²) >= 11 is 10.1. The predicted octanol–water partition coefficient (Wildman–Crippen LogP) is -14.1. The van der Waals surface area contributed by atoms with Crippen LogP contribution in [0, 0.1) is 0 Å². The fraction of sp³-hybridized carbons (Fsp3) is 0.545. The van der Waals surface area contributed by atoms with Gasteiger partial charge >= 0.3 is 118 Å². The van der Waals surface area contributed by atoms with E-state index in [2.05, 4.69) is 23.8 Å². The number of aliphatic hydroxyl groups excluding tert-OH is 2. The Bertz CT molecular complexity index is 1210. The molecule has 16 nitrogen and oxygen atoms in total. The fourth-order valence-electron chi connectivity index (χ4n) is 2.70. The second kappa shape index (κ2) is 15.9. The molecule has 1 aliphatic heterocycles. The first-order valence-corrected chi connectivity index (χ1v) is 13.8. The van der Waals surface area contributed by atoms with Crippen LogP contribution in [0.1, 0.15) is 6.23 Å². The summed E-state index contributed by atoms with van der Waals surface area (Å²) in [5, 5.41) is 20.5. The van der Waals surface area contributed by atoms with Crippen molar-refractivity contribution < 1.29 is 170 Å². The number of anilines is 1. The Hall–Kier alpha value is 3.36. The van der Waals surface area contributed by atoms with Gasteiger partial charge in [0, 0.05) is 0 Å². The molecule has 6 atom stereocenters. The second-order valence-electron chi connectivity index (χ2n) is 6.55. The molecule has 0 saturated carbocycles. The summed E-state index contributed by atoms with van der Waals surface area (Å²) in [6, 6.07) is 0. The molecule has 0 aromatic carbocycles. The van der Waals surface area contributed by atoms with E-state index in [1.165, 1.54) is 10.9 Å². The van der Waals surface area contributed by atoms with Crippen molar-refractivity contribution in [3.05, 3.63) is 12.7 Å². The van der Waals surface area contributed by atoms with Crippen LogP contribution in [0.15, 0.2) is 12.7 Å². The summed E-state index contributed by atoms with van der Waals surface area (Å²) in [5.74, 6) is 0.0327. The van der Waals surface area contributed by atoms with E-state index in [-0.39, 0.29) is 135 Å². The molecular formula is C11H12BCl2N5Na4O11P3. The van der Waals surface area contributed by atoms with Gasteiger partial charge in [-0.1, -0.05) is 23.2 Å². The molecule has 2 aromatic heterocycles. The van der Waals surface area contributed by atoms with Crippen molar-refractivity contribution in [2.75, 3.05) is 12.3 Å². The summed E-state index contributed by atoms with van der Waals surface area (Å²) in [7, 11) is -12.4. The molecule has 1 fully saturated rings. The molecule has 0 aliphatic carbocycles. The molecule has 0 spiro atoms. The van der Waals surface area contributed by atoms with Gasteiger partial charge in [-0.25, -0.2) is 15.0 Å². The van der Waals surface area contributed by atoms with Gasteiger partial charge in [0.2, 0.25) is 3.82 Å². The first kappa shape index (κ1) is 42.5. The quantitative estimate of drug-likeness (QED) is 0.135. The molecule has 1 saturated heterocycles. The van der Waals surface area contributed by atoms with Crippen LogP contribution in [0.2, 0.25) is 0 Å². The van der Waals surface area contributed by atoms with E-state index in [0.717, 1.165) is 6.33 Å². The molecule has 183 valence electrons. The third-order valence-electron chi connectivity index (χ3n) is 4.30. The van der Waals surface area contributed by atoms with Crippen molar-refractivity contribution in [2.24, 2.45) is 0 Å². The molecule has 3 rings (SSSR count). The smallest absolute Gasteiger partial charge is 0.808 e. The monoisotopic (exact) mass is 656 g/mol. The molecule has 37 heavy (non-hydrogen) atoms. The fourth-order valence-corrected chi connectivity index (χ4v) is 6.92. The Morgan fingerprint density at radius 3 is 2.22 bits per heavy atom. The van der Waals surface area contributed by atoms with Crippen LogP contribution in [-0.2, 0) is 27.3 Å². The van der Waals surface area contributed by atoms with Crippen molar-refractivity contribution in [1.82, 2.24) is 19.5 Å². The van der Waals surface area contributed by atoms with Crippen molar-refractivity contribution in [3.8, 4) is 0 Å². The van der Waals surface area contributed by atoms with Gasteiger partial charge in [0.15, 0.2) is 25.3 Å². The van der Waals surface area contributed by atoms with Crippen LogP contribution >= 0.6 is 45.9 Å². The van der Waals surface area contributed by atoms with E-state index in [1.54, 1.807) is 0 Å². The van der Waals surface area contributed by atoms with E-state index >= 15 is 0 Å². The number of rotatable bonds is 8. The van der Waals surface area contributed by atoms with Gasteiger partial charge in [0.05, 0.1) is 20.4 Å². The number of aromatic nitrogens is 4. The Morgan fingerprint density at radius 2 is 1.68 bits per heavy atom. The summed E-state index contributed by atoms with van der Waals surface area (Å²) in [6.07, 6.45) is -3.75. The van der Waals surface area contributed by atoms with Gasteiger partial charge in [0.1, 0.15) is 30.2 Å². The maximum absolute atomic E-state index is 12.2. The van der Waals surface area contributed by atoms with Crippen LogP contribution in [0.25, 0.3) is 11.2 Å². The number of halogens is 2. The predicted molar refractivity (Wildman–Crippen MR) is 106 cm³/mol. The molecule has 3 radical (unpaired) electrons. The average molecular weight is 657 g/mol. The van der Waals surface area contributed by atoms with E-state index in [1.807, 2.05) is 0 Å². The number of nitrogens with zero attached hydrogens (tertiary/aromatic N) is 4. The number of hydrogen-bond donors (Lipinski definition) is 3. The summed E-state index contributed by atoms with van der Waals surface area (Å²) in [5.41, 5.74) is 5.99. The number of imidazole rings is 1. The van der Waals surface area contributed by atoms with Gasteiger partial charge in [0.25, 0.3) is 0 Å². The standard InChI is InChI=1S/C11H15BCl2N5O11P3.4Na/c12-33(27,30-32(25,26)11(13,14)31(22,23)24)28-1-4-6(20)7(21)10(29-4)19-3-18-5-8(15)16-2-17-9(5)19;;;;/h2-4,6-7,10,20-21H,1H2,(H,25,26)(H2,15,16,17)(H2,22,23,24);;;;/q-1;4*+1/p-3/t4-,6-,7-,10-,33?;;;;/m1..../s1. The maximum atomic E-state index is 12.2. The van der Waals surface area contributed by atoms with Crippen LogP contribution in [0.5, 0.6) is 0 Å². The van der Waals surface area contributed by atoms with Gasteiger partial charge in [-0.05, 0) is 7.60 Å². The maximum Gasteiger partial charge on any atom is 1.00 e. The number of nitrogen functional groups attached to an aromatic ring is 1. The third kappa shape index (κ3) is 9.42. The minimum Gasteiger partial charge on any atom is -0.808 e. The Labute approximate surface area is 309 Å². The average Bonchev–Trinajstić information content (AvgIpc) is 3.21. The third-order valence-corrected chi connectivity index (χ3v) is 11.8. The zero-order valence-corrected chi connectivity index (χ0v) is 32.0. The SMILES string of the molecule is [B-]P(=O)(OC[C@H]1O[C@@H](n2cnc3c(N)ncnc32)[C@H](O)[C@@H]1O)OP(=O)([O-])C(Cl)(Cl)P(=O)([O-])[O-].[Na+].[Na+].[Na+].[Na+]. The second-order valence-corrected chi connectivity index (χ2v) is 14.6. The molecule has 2 unspecified atom stereocenters. The number of ether oxygens (including phenoxy) is 1. The molecule has 1 aliphatic rings. The number of hydrogen-bond acceptors (Lipinski definition) is 15. The normalized spacial score (nSPS) is 25.0. The van der Waals surface area contributed by atoms with Gasteiger partial charge in [-0.3, -0.25) is 8.88 Å². The molecular weight excluding hydrogens is 645 g/mol. The van der Waals surface area contributed by atoms with E-state index in [0.29, 0.717) is 0 Å². The zero-order valence-electron chi connectivity index (χ0n) is 19.8. The van der Waals surface area contributed by atoms with Crippen LogP contribution in [0.3, 0.4) is 0 Å². The van der Waals surface area contributed by atoms with Gasteiger partial charge < -0.3 is 61.1 Å². The van der Waals surface area contributed by atoms with Gasteiger partial charge in [-0.2, -0.15) is 0 Å². The first-order valence-electron chi connectivity index (χ1n) is 8.39. The number of fused-ring (bicyclic) bond motifs is 1. The summed E-state index contributed by atoms with van der Waals surface area (Å²) in [4.78, 5) is 45.5. The molecule has 4 N–H and O–H groups in total. The minimum absolute atomic E-state index is 0. The number of nitrogens with two attached hydrogens (primary N) is 1. The molecule has 0 amide bonds. The Balaban J connectivity index is 0. The van der Waals surface area contributed by atoms with Crippen LogP contribution in [0.4, 0.5) is 5.82 Å². The van der Waals surface area contributed by atoms with Crippen LogP contribution in [-0.4, -0.2) is 66.0 Å². The Kier molecular flexibility index (Phi) is 18.3. The largest absolute Gasteiger partial charge is 1.00 e. The summed E-state index contributed by atoms with van der Waals surface area (Å²) < 4.78 is 46.2. The topological polar surface area (TPSA) is 258 Å². The van der Waals surface area contributed by atoms with Gasteiger partial charge in [-0.15, -0.1) is 0 Å². The summed E-state index contributed by atoms with van der Waals surface area (Å²) in [6.45, 7) is -0.934. The van der Waals surface area contributed by atoms with E-state index < -0.39 is 57.6 Å². The molecule has 2 aromatic rings. The zero-order chi connectivity index (χ0) is 25.0. The van der Waals surface area contributed by atoms with Crippen molar-refractivity contribution in [2.45, 2.75) is 28.4 Å². The number of aliphatic hydroxyl groups is 2. The molecule has 26 heteroatoms. The van der Waals surface area contributed by atoms with Crippen LogP contribution < -0.4 is 139 Å². The van der Waals surface area contributed by atoms with Crippen molar-refractivity contribution in [1.29, 1.82) is 0 Å². The number of alkyl halides is 2. The minimum atomic E-state index is -6.22. The van der Waals surface area contributed by atoms with E-state index in [9.17, 15) is 38.6 Å². The molecule has 3 heterocycles. The van der Waals surface area contributed by atoms with Crippen molar-refractivity contribution in [3.63, 3.8) is 0 Å². The molecule has 0 bridgehead atoms. The van der Waals surface area contributed by atoms with E-state index in [4.69, 9.17) is 41.2 Å². The van der Waals surface area contributed by atoms with Crippen molar-refractivity contribution >= 4 is 70.4 Å².